The van der Waals surface area contributed by atoms with E-state index in [0.29, 0.717) is 21.2 Å². The highest BCUT2D eigenvalue weighted by Gasteiger charge is 2.11. The fourth-order valence-electron chi connectivity index (χ4n) is 1.63. The molecule has 0 bridgehead atoms. The van der Waals surface area contributed by atoms with Crippen molar-refractivity contribution in [3.8, 4) is 6.07 Å². The highest BCUT2D eigenvalue weighted by atomic mass is 35.5. The van der Waals surface area contributed by atoms with Crippen molar-refractivity contribution in [2.75, 3.05) is 5.75 Å². The minimum Gasteiger partial charge on any atom is -0.293 e. The molecule has 0 unspecified atom stereocenters. The molecule has 2 aromatic rings. The molecule has 1 aromatic carbocycles. The van der Waals surface area contributed by atoms with Crippen LogP contribution < -0.4 is 0 Å². The fraction of sp³-hybridized carbons (Fsp3) is 0.133. The number of nitriles is 1. The van der Waals surface area contributed by atoms with E-state index in [4.69, 9.17) is 16.9 Å². The minimum atomic E-state index is -0.0149. The molecule has 1 heterocycles. The van der Waals surface area contributed by atoms with Crippen LogP contribution in [0.4, 0.5) is 0 Å². The van der Waals surface area contributed by atoms with Gasteiger partial charge in [0.1, 0.15) is 11.1 Å². The number of Topliss-reactive ketones (excluding diaryl/α,β-unsaturated/α-hetero) is 1. The lowest BCUT2D eigenvalue weighted by atomic mass is 10.1. The normalized spacial score (nSPS) is 10.1. The summed E-state index contributed by atoms with van der Waals surface area (Å²) < 4.78 is 0. The van der Waals surface area contributed by atoms with Crippen LogP contribution in [0.15, 0.2) is 41.6 Å². The van der Waals surface area contributed by atoms with Crippen LogP contribution in [0.1, 0.15) is 21.5 Å². The standard InChI is InChI=1S/C15H11ClN2OS/c1-10-6-7-18-15(13(10)8-17)20-9-14(19)11-2-4-12(16)5-3-11/h2-7H,9H2,1H3. The number of ketones is 1. The van der Waals surface area contributed by atoms with E-state index >= 15 is 0 Å². The Morgan fingerprint density at radius 3 is 2.70 bits per heavy atom. The molecular weight excluding hydrogens is 292 g/mol. The van der Waals surface area contributed by atoms with Crippen molar-refractivity contribution in [2.45, 2.75) is 11.9 Å². The summed E-state index contributed by atoms with van der Waals surface area (Å²) in [5, 5.41) is 10.3. The van der Waals surface area contributed by atoms with Crippen LogP contribution in [0.5, 0.6) is 0 Å². The van der Waals surface area contributed by atoms with Crippen LogP contribution in [-0.2, 0) is 0 Å². The van der Waals surface area contributed by atoms with Gasteiger partial charge in [-0.2, -0.15) is 5.26 Å². The highest BCUT2D eigenvalue weighted by molar-refractivity contribution is 8.00. The fourth-order valence-corrected chi connectivity index (χ4v) is 2.68. The first-order valence-electron chi connectivity index (χ1n) is 5.89. The van der Waals surface area contributed by atoms with Gasteiger partial charge in [0.15, 0.2) is 5.78 Å². The van der Waals surface area contributed by atoms with Crippen LogP contribution >= 0.6 is 23.4 Å². The predicted molar refractivity (Wildman–Crippen MR) is 80.2 cm³/mol. The second-order valence-corrected chi connectivity index (χ2v) is 5.54. The zero-order valence-electron chi connectivity index (χ0n) is 10.8. The number of hydrogen-bond donors (Lipinski definition) is 0. The van der Waals surface area contributed by atoms with Gasteiger partial charge in [0.25, 0.3) is 0 Å². The molecular formula is C15H11ClN2OS. The molecule has 100 valence electrons. The Morgan fingerprint density at radius 1 is 1.35 bits per heavy atom. The maximum atomic E-state index is 12.0. The molecule has 0 fully saturated rings. The minimum absolute atomic E-state index is 0.0149. The van der Waals surface area contributed by atoms with Gasteiger partial charge >= 0.3 is 0 Å². The Kier molecular flexibility index (Phi) is 4.78. The average Bonchev–Trinajstić information content (AvgIpc) is 2.45. The van der Waals surface area contributed by atoms with Crippen molar-refractivity contribution in [1.29, 1.82) is 5.26 Å². The second kappa shape index (κ2) is 6.56. The van der Waals surface area contributed by atoms with Crippen molar-refractivity contribution in [2.24, 2.45) is 0 Å². The molecule has 2 rings (SSSR count). The SMILES string of the molecule is Cc1ccnc(SCC(=O)c2ccc(Cl)cc2)c1C#N. The van der Waals surface area contributed by atoms with E-state index in [0.717, 1.165) is 5.56 Å². The number of carbonyl (C=O) groups excluding carboxylic acids is 1. The number of aryl methyl sites for hydroxylation is 1. The second-order valence-electron chi connectivity index (χ2n) is 4.14. The summed E-state index contributed by atoms with van der Waals surface area (Å²) in [6, 6.07) is 10.7. The molecule has 3 nitrogen and oxygen atoms in total. The molecule has 0 saturated heterocycles. The zero-order chi connectivity index (χ0) is 14.5. The summed E-state index contributed by atoms with van der Waals surface area (Å²) in [4.78, 5) is 16.2. The number of nitrogens with zero attached hydrogens (tertiary/aromatic N) is 2. The van der Waals surface area contributed by atoms with Crippen LogP contribution in [0.2, 0.25) is 5.02 Å². The molecule has 0 atom stereocenters. The third-order valence-electron chi connectivity index (χ3n) is 2.74. The number of thioether (sulfide) groups is 1. The van der Waals surface area contributed by atoms with Crippen LogP contribution in [0.25, 0.3) is 0 Å². The first-order chi connectivity index (χ1) is 9.61. The van der Waals surface area contributed by atoms with Gasteiger partial charge in [0, 0.05) is 16.8 Å². The summed E-state index contributed by atoms with van der Waals surface area (Å²) in [5.74, 6) is 0.228. The van der Waals surface area contributed by atoms with Gasteiger partial charge in [0.05, 0.1) is 11.3 Å². The number of pyridine rings is 1. The van der Waals surface area contributed by atoms with Crippen molar-refractivity contribution < 1.29 is 4.79 Å². The van der Waals surface area contributed by atoms with Crippen molar-refractivity contribution in [3.63, 3.8) is 0 Å². The maximum absolute atomic E-state index is 12.0. The monoisotopic (exact) mass is 302 g/mol. The van der Waals surface area contributed by atoms with E-state index < -0.39 is 0 Å². The average molecular weight is 303 g/mol. The van der Waals surface area contributed by atoms with E-state index in [1.54, 1.807) is 36.5 Å². The van der Waals surface area contributed by atoms with Gasteiger partial charge in [0.2, 0.25) is 0 Å². The molecule has 0 saturated carbocycles. The molecule has 0 N–H and O–H groups in total. The topological polar surface area (TPSA) is 53.8 Å². The summed E-state index contributed by atoms with van der Waals surface area (Å²) in [6.45, 7) is 1.85. The molecule has 0 aliphatic carbocycles. The Hall–Kier alpha value is -1.83. The van der Waals surface area contributed by atoms with E-state index in [-0.39, 0.29) is 11.5 Å². The quantitative estimate of drug-likeness (QED) is 0.635. The van der Waals surface area contributed by atoms with Crippen LogP contribution in [0, 0.1) is 18.3 Å². The smallest absolute Gasteiger partial charge is 0.173 e. The summed E-state index contributed by atoms with van der Waals surface area (Å²) in [5.41, 5.74) is 2.00. The first kappa shape index (κ1) is 14.6. The number of rotatable bonds is 4. The molecule has 20 heavy (non-hydrogen) atoms. The third kappa shape index (κ3) is 3.38. The molecule has 0 amide bonds. The van der Waals surface area contributed by atoms with Gasteiger partial charge in [-0.05, 0) is 42.8 Å². The Balaban J connectivity index is 2.10. The van der Waals surface area contributed by atoms with E-state index in [1.807, 2.05) is 6.92 Å². The van der Waals surface area contributed by atoms with E-state index in [9.17, 15) is 4.79 Å². The van der Waals surface area contributed by atoms with E-state index in [2.05, 4.69) is 11.1 Å². The number of aromatic nitrogens is 1. The van der Waals surface area contributed by atoms with Crippen LogP contribution in [0.3, 0.4) is 0 Å². The predicted octanol–water partition coefficient (Wildman–Crippen LogP) is 3.89. The molecule has 0 radical (unpaired) electrons. The summed E-state index contributed by atoms with van der Waals surface area (Å²) >= 11 is 7.06. The Labute approximate surface area is 126 Å². The number of halogens is 1. The number of hydrogen-bond acceptors (Lipinski definition) is 4. The van der Waals surface area contributed by atoms with Crippen molar-refractivity contribution in [3.05, 3.63) is 58.2 Å². The lowest BCUT2D eigenvalue weighted by Gasteiger charge is -2.05. The number of benzene rings is 1. The largest absolute Gasteiger partial charge is 0.293 e. The highest BCUT2D eigenvalue weighted by Crippen LogP contribution is 2.23. The van der Waals surface area contributed by atoms with Gasteiger partial charge in [-0.1, -0.05) is 23.4 Å². The Bertz CT molecular complexity index is 677. The molecule has 0 spiro atoms. The summed E-state index contributed by atoms with van der Waals surface area (Å²) in [7, 11) is 0. The summed E-state index contributed by atoms with van der Waals surface area (Å²) in [6.07, 6.45) is 1.64. The Morgan fingerprint density at radius 2 is 2.05 bits per heavy atom. The number of carbonyl (C=O) groups is 1. The van der Waals surface area contributed by atoms with Crippen molar-refractivity contribution in [1.82, 2.24) is 4.98 Å². The zero-order valence-corrected chi connectivity index (χ0v) is 12.3. The molecule has 5 heteroatoms. The van der Waals surface area contributed by atoms with Crippen molar-refractivity contribution >= 4 is 29.1 Å². The maximum Gasteiger partial charge on any atom is 0.173 e. The third-order valence-corrected chi connectivity index (χ3v) is 3.98. The van der Waals surface area contributed by atoms with Crippen LogP contribution in [-0.4, -0.2) is 16.5 Å². The van der Waals surface area contributed by atoms with Gasteiger partial charge in [-0.3, -0.25) is 4.79 Å². The van der Waals surface area contributed by atoms with Gasteiger partial charge in [-0.15, -0.1) is 0 Å². The van der Waals surface area contributed by atoms with E-state index in [1.165, 1.54) is 11.8 Å². The van der Waals surface area contributed by atoms with Gasteiger partial charge < -0.3 is 0 Å². The molecule has 1 aromatic heterocycles. The van der Waals surface area contributed by atoms with Gasteiger partial charge in [-0.25, -0.2) is 4.98 Å². The lowest BCUT2D eigenvalue weighted by molar-refractivity contribution is 0.102. The molecule has 0 aliphatic rings. The molecule has 0 aliphatic heterocycles. The lowest BCUT2D eigenvalue weighted by Crippen LogP contribution is -2.03. The first-order valence-corrected chi connectivity index (χ1v) is 7.25.